The zero-order valence-corrected chi connectivity index (χ0v) is 20.3. The third-order valence-corrected chi connectivity index (χ3v) is 8.38. The van der Waals surface area contributed by atoms with Gasteiger partial charge in [0.05, 0.1) is 45.1 Å². The third kappa shape index (κ3) is 4.46. The van der Waals surface area contributed by atoms with Crippen LogP contribution in [0.5, 0.6) is 5.06 Å². The number of hydrogen-bond donors (Lipinski definition) is 2. The van der Waals surface area contributed by atoms with E-state index in [0.717, 1.165) is 55.0 Å². The molecule has 3 aliphatic rings. The van der Waals surface area contributed by atoms with Gasteiger partial charge in [0.2, 0.25) is 0 Å². The van der Waals surface area contributed by atoms with Crippen LogP contribution in [0.3, 0.4) is 0 Å². The molecule has 3 saturated heterocycles. The van der Waals surface area contributed by atoms with Crippen molar-refractivity contribution in [1.82, 2.24) is 5.32 Å². The molecule has 2 atom stereocenters. The molecule has 0 saturated carbocycles. The van der Waals surface area contributed by atoms with E-state index >= 15 is 0 Å². The van der Waals surface area contributed by atoms with Gasteiger partial charge < -0.3 is 24.1 Å². The highest BCUT2D eigenvalue weighted by molar-refractivity contribution is 7.20. The van der Waals surface area contributed by atoms with Crippen LogP contribution in [-0.2, 0) is 10.4 Å². The maximum Gasteiger partial charge on any atom is 0.273 e. The van der Waals surface area contributed by atoms with Crippen LogP contribution in [0.4, 0.5) is 0 Å². The number of furan rings is 1. The molecule has 5 heterocycles. The first-order valence-corrected chi connectivity index (χ1v) is 12.8. The second-order valence-electron chi connectivity index (χ2n) is 9.48. The molecule has 3 aliphatic heterocycles. The summed E-state index contributed by atoms with van der Waals surface area (Å²) >= 11 is 1.69. The number of nitrogens with one attached hydrogen (secondary N) is 1. The molecule has 1 aromatic carbocycles. The van der Waals surface area contributed by atoms with Gasteiger partial charge >= 0.3 is 0 Å². The summed E-state index contributed by atoms with van der Waals surface area (Å²) in [7, 11) is 0. The summed E-state index contributed by atoms with van der Waals surface area (Å²) in [5.41, 5.74) is -1.97. The fourth-order valence-electron chi connectivity index (χ4n) is 5.53. The van der Waals surface area contributed by atoms with Crippen molar-refractivity contribution >= 4 is 27.3 Å². The number of thiophene rings is 1. The molecule has 6 rings (SSSR count). The molecule has 2 aromatic heterocycles. The topological polar surface area (TPSA) is 71.7 Å². The molecule has 1 unspecified atom stereocenters. The van der Waals surface area contributed by atoms with E-state index in [1.165, 1.54) is 16.3 Å². The summed E-state index contributed by atoms with van der Waals surface area (Å²) in [6.07, 6.45) is 4.58. The molecular formula is C27H31N2O4S+. The van der Waals surface area contributed by atoms with Gasteiger partial charge in [-0.25, -0.2) is 0 Å². The molecular weight excluding hydrogens is 448 g/mol. The van der Waals surface area contributed by atoms with E-state index in [-0.39, 0.29) is 11.8 Å². The summed E-state index contributed by atoms with van der Waals surface area (Å²) in [4.78, 5) is 13.1. The number of ether oxygens (including phenoxy) is 1. The largest absolute Gasteiger partial charge is 0.484 e. The Balaban J connectivity index is 1.18. The van der Waals surface area contributed by atoms with Crippen LogP contribution >= 0.6 is 11.3 Å². The highest BCUT2D eigenvalue weighted by Crippen LogP contribution is 2.35. The van der Waals surface area contributed by atoms with Crippen LogP contribution < -0.4 is 10.1 Å². The van der Waals surface area contributed by atoms with Crippen molar-refractivity contribution in [2.45, 2.75) is 37.8 Å². The van der Waals surface area contributed by atoms with Crippen LogP contribution in [0.1, 0.15) is 31.9 Å². The van der Waals surface area contributed by atoms with Gasteiger partial charge in [-0.05, 0) is 42.5 Å². The van der Waals surface area contributed by atoms with E-state index < -0.39 is 11.5 Å². The van der Waals surface area contributed by atoms with E-state index in [1.807, 2.05) is 6.07 Å². The second-order valence-corrected chi connectivity index (χ2v) is 10.5. The van der Waals surface area contributed by atoms with E-state index in [9.17, 15) is 9.90 Å². The quantitative estimate of drug-likeness (QED) is 0.292. The summed E-state index contributed by atoms with van der Waals surface area (Å²) in [5.74, 6) is 5.42. The molecule has 6 nitrogen and oxygen atoms in total. The van der Waals surface area contributed by atoms with Gasteiger partial charge in [0, 0.05) is 24.0 Å². The fraction of sp³-hybridized carbons (Fsp3) is 0.444. The lowest BCUT2D eigenvalue weighted by Gasteiger charge is -2.53. The number of nitrogens with zero attached hydrogens (tertiary/aromatic N) is 1. The number of hydrogen-bond acceptors (Lipinski definition) is 5. The molecule has 2 bridgehead atoms. The molecule has 1 amide bonds. The molecule has 178 valence electrons. The van der Waals surface area contributed by atoms with E-state index in [4.69, 9.17) is 9.15 Å². The number of carbonyl (C=O) groups excluding carboxylic acids is 1. The Kier molecular flexibility index (Phi) is 6.39. The van der Waals surface area contributed by atoms with Crippen molar-refractivity contribution in [3.63, 3.8) is 0 Å². The molecule has 0 radical (unpaired) electrons. The minimum atomic E-state index is -1.97. The van der Waals surface area contributed by atoms with Gasteiger partial charge in [0.1, 0.15) is 0 Å². The minimum absolute atomic E-state index is 0.0265. The molecule has 3 aromatic rings. The normalized spacial score (nSPS) is 25.4. The van der Waals surface area contributed by atoms with Crippen molar-refractivity contribution in [3.8, 4) is 16.9 Å². The van der Waals surface area contributed by atoms with Gasteiger partial charge in [0.25, 0.3) is 11.5 Å². The zero-order valence-electron chi connectivity index (χ0n) is 19.5. The van der Waals surface area contributed by atoms with Crippen molar-refractivity contribution in [3.05, 3.63) is 54.5 Å². The van der Waals surface area contributed by atoms with Crippen molar-refractivity contribution < 1.29 is 23.5 Å². The average Bonchev–Trinajstić information content (AvgIpc) is 3.53. The summed E-state index contributed by atoms with van der Waals surface area (Å²) in [6, 6.07) is 13.7. The lowest BCUT2D eigenvalue weighted by Crippen LogP contribution is -2.68. The smallest absolute Gasteiger partial charge is 0.273 e. The Bertz CT molecular complexity index is 1170. The number of amides is 1. The first-order valence-electron chi connectivity index (χ1n) is 12.0. The summed E-state index contributed by atoms with van der Waals surface area (Å²) < 4.78 is 13.6. The number of quaternary nitrogens is 1. The molecule has 7 heteroatoms. The maximum atomic E-state index is 13.1. The first kappa shape index (κ1) is 23.0. The number of rotatable bonds is 8. The Labute approximate surface area is 204 Å². The lowest BCUT2D eigenvalue weighted by molar-refractivity contribution is -0.944. The van der Waals surface area contributed by atoms with E-state index in [0.29, 0.717) is 12.5 Å². The van der Waals surface area contributed by atoms with Crippen LogP contribution in [0.25, 0.3) is 10.1 Å². The van der Waals surface area contributed by atoms with Crippen molar-refractivity contribution in [2.75, 3.05) is 32.8 Å². The Morgan fingerprint density at radius 2 is 2.12 bits per heavy atom. The van der Waals surface area contributed by atoms with Gasteiger partial charge in [-0.2, -0.15) is 0 Å². The summed E-state index contributed by atoms with van der Waals surface area (Å²) in [6.45, 7) is 6.48. The van der Waals surface area contributed by atoms with Gasteiger partial charge in [-0.15, -0.1) is 5.92 Å². The average molecular weight is 480 g/mol. The van der Waals surface area contributed by atoms with Crippen LogP contribution in [-0.4, -0.2) is 54.3 Å². The zero-order chi connectivity index (χ0) is 23.6. The Morgan fingerprint density at radius 3 is 2.85 bits per heavy atom. The van der Waals surface area contributed by atoms with Crippen LogP contribution in [0, 0.1) is 17.8 Å². The number of benzene rings is 1. The molecule has 34 heavy (non-hydrogen) atoms. The number of aliphatic hydroxyl groups is 1. The van der Waals surface area contributed by atoms with Crippen molar-refractivity contribution in [2.24, 2.45) is 5.92 Å². The highest BCUT2D eigenvalue weighted by atomic mass is 32.1. The second kappa shape index (κ2) is 9.46. The maximum absolute atomic E-state index is 13.1. The summed E-state index contributed by atoms with van der Waals surface area (Å²) in [5, 5.41) is 16.4. The molecule has 2 N–H and O–H groups in total. The predicted octanol–water partition coefficient (Wildman–Crippen LogP) is 3.90. The Morgan fingerprint density at radius 1 is 1.29 bits per heavy atom. The number of fused-ring (bicyclic) bond motifs is 4. The molecule has 0 spiro atoms. The molecule has 3 fully saturated rings. The third-order valence-electron chi connectivity index (χ3n) is 7.35. The monoisotopic (exact) mass is 479 g/mol. The van der Waals surface area contributed by atoms with Crippen LogP contribution in [0.15, 0.2) is 53.1 Å². The van der Waals surface area contributed by atoms with E-state index in [2.05, 4.69) is 41.4 Å². The van der Waals surface area contributed by atoms with Gasteiger partial charge in [-0.1, -0.05) is 35.5 Å². The number of carbonyl (C=O) groups is 1. The predicted molar refractivity (Wildman–Crippen MR) is 132 cm³/mol. The number of piperidine rings is 3. The fourth-order valence-corrected chi connectivity index (χ4v) is 6.47. The Hall–Kier alpha value is -2.79. The molecule has 0 aliphatic carbocycles. The minimum Gasteiger partial charge on any atom is -0.484 e. The SMILES string of the molecule is CC#CC(O)(C(=O)N[C@H]1C[N+]2(CCCOc3cc4ccccc4s3)CCC1CC2)c1ccco1. The first-order chi connectivity index (χ1) is 16.5. The van der Waals surface area contributed by atoms with Crippen molar-refractivity contribution in [1.29, 1.82) is 0 Å². The van der Waals surface area contributed by atoms with Crippen LogP contribution in [0.2, 0.25) is 0 Å². The lowest BCUT2D eigenvalue weighted by atomic mass is 9.81. The van der Waals surface area contributed by atoms with E-state index in [1.54, 1.807) is 30.4 Å². The standard InChI is InChI=1S/C27H30N2O4S/c1-2-12-27(31,24-9-5-16-32-24)26(30)28-22-19-29(14-10-20(22)11-15-29)13-6-17-33-25-18-21-7-3-4-8-23(21)34-25/h3-5,7-9,16,18,20,22,31H,6,10-11,13-15,17,19H2,1H3/p+1/t20?,22-,27?,29?/m0/s1. The van der Waals surface area contributed by atoms with Gasteiger partial charge in [0.15, 0.2) is 10.8 Å². The van der Waals surface area contributed by atoms with Gasteiger partial charge in [-0.3, -0.25) is 4.79 Å². The highest BCUT2D eigenvalue weighted by Gasteiger charge is 2.48.